The topological polar surface area (TPSA) is 85.8 Å². The lowest BCUT2D eigenvalue weighted by molar-refractivity contribution is -0.137. The molecule has 1 N–H and O–H groups in total. The molecule has 0 unspecified atom stereocenters. The van der Waals surface area contributed by atoms with E-state index in [1.807, 2.05) is 0 Å². The van der Waals surface area contributed by atoms with Crippen LogP contribution in [0, 0.1) is 0 Å². The first-order chi connectivity index (χ1) is 8.86. The lowest BCUT2D eigenvalue weighted by Crippen LogP contribution is -2.09. The number of aromatic nitrogens is 5. The number of aryl methyl sites for hydroxylation is 2. The number of carboxylic acids is 1. The predicted molar refractivity (Wildman–Crippen MR) is 54.2 cm³/mol. The van der Waals surface area contributed by atoms with Crippen molar-refractivity contribution in [2.75, 3.05) is 0 Å². The van der Waals surface area contributed by atoms with Crippen LogP contribution in [-0.2, 0) is 19.3 Å². The van der Waals surface area contributed by atoms with Crippen LogP contribution in [0.5, 0.6) is 0 Å². The van der Waals surface area contributed by atoms with Crippen LogP contribution in [0.2, 0.25) is 0 Å². The Hall–Kier alpha value is -2.39. The van der Waals surface area contributed by atoms with Crippen molar-refractivity contribution in [2.24, 2.45) is 0 Å². The first kappa shape index (κ1) is 13.1. The number of alkyl halides is 3. The normalized spacial score (nSPS) is 11.7. The summed E-state index contributed by atoms with van der Waals surface area (Å²) in [6, 6.07) is 0. The number of rotatable bonds is 4. The van der Waals surface area contributed by atoms with Crippen molar-refractivity contribution in [3.05, 3.63) is 29.8 Å². The summed E-state index contributed by atoms with van der Waals surface area (Å²) < 4.78 is 39.3. The number of nitrogens with zero attached hydrogens (tertiary/aromatic N) is 5. The highest BCUT2D eigenvalue weighted by atomic mass is 19.4. The van der Waals surface area contributed by atoms with E-state index in [1.54, 1.807) is 0 Å². The van der Waals surface area contributed by atoms with E-state index in [0.717, 1.165) is 17.1 Å². The highest BCUT2D eigenvalue weighted by molar-refractivity contribution is 5.84. The molecule has 0 aliphatic carbocycles. The zero-order valence-electron chi connectivity index (χ0n) is 9.37. The molecular formula is C9H8F3N5O2. The Kier molecular flexibility index (Phi) is 3.23. The monoisotopic (exact) mass is 275 g/mol. The van der Waals surface area contributed by atoms with Crippen LogP contribution in [-0.4, -0.2) is 35.9 Å². The van der Waals surface area contributed by atoms with Gasteiger partial charge in [-0.25, -0.2) is 9.48 Å². The summed E-state index contributed by atoms with van der Waals surface area (Å²) in [6.45, 7) is 0.289. The van der Waals surface area contributed by atoms with Crippen LogP contribution in [0.1, 0.15) is 16.1 Å². The van der Waals surface area contributed by atoms with Gasteiger partial charge in [-0.2, -0.15) is 18.3 Å². The van der Waals surface area contributed by atoms with E-state index in [2.05, 4.69) is 15.4 Å². The van der Waals surface area contributed by atoms with Crippen molar-refractivity contribution in [2.45, 2.75) is 19.3 Å². The SMILES string of the molecule is O=C(O)c1cn(CCn2cc(C(F)(F)F)cn2)nn1. The molecule has 2 rings (SSSR count). The molecule has 19 heavy (non-hydrogen) atoms. The van der Waals surface area contributed by atoms with E-state index in [-0.39, 0.29) is 18.8 Å². The Morgan fingerprint density at radius 3 is 2.47 bits per heavy atom. The Balaban J connectivity index is 1.98. The maximum atomic E-state index is 12.3. The average molecular weight is 275 g/mol. The second kappa shape index (κ2) is 4.71. The molecule has 2 heterocycles. The van der Waals surface area contributed by atoms with Gasteiger partial charge in [0.2, 0.25) is 0 Å². The number of halogens is 3. The molecular weight excluding hydrogens is 267 g/mol. The maximum Gasteiger partial charge on any atom is 0.419 e. The fourth-order valence-electron chi connectivity index (χ4n) is 1.34. The Labute approximate surface area is 104 Å². The van der Waals surface area contributed by atoms with E-state index in [1.165, 1.54) is 10.9 Å². The van der Waals surface area contributed by atoms with Crippen molar-refractivity contribution in [3.63, 3.8) is 0 Å². The molecule has 0 atom stereocenters. The van der Waals surface area contributed by atoms with Gasteiger partial charge in [0.05, 0.1) is 31.0 Å². The molecule has 0 bridgehead atoms. The molecule has 0 saturated carbocycles. The first-order valence-electron chi connectivity index (χ1n) is 5.09. The zero-order valence-corrected chi connectivity index (χ0v) is 9.37. The number of aromatic carboxylic acids is 1. The van der Waals surface area contributed by atoms with Crippen LogP contribution >= 0.6 is 0 Å². The number of carboxylic acid groups (broad SMARTS) is 1. The van der Waals surface area contributed by atoms with Crippen molar-refractivity contribution in [3.8, 4) is 0 Å². The van der Waals surface area contributed by atoms with Gasteiger partial charge in [0.25, 0.3) is 0 Å². The van der Waals surface area contributed by atoms with Gasteiger partial charge in [-0.1, -0.05) is 5.21 Å². The van der Waals surface area contributed by atoms with Crippen LogP contribution in [0.4, 0.5) is 13.2 Å². The lowest BCUT2D eigenvalue weighted by atomic mass is 10.4. The van der Waals surface area contributed by atoms with Crippen molar-refractivity contribution >= 4 is 5.97 Å². The molecule has 0 amide bonds. The van der Waals surface area contributed by atoms with E-state index in [4.69, 9.17) is 5.11 Å². The molecule has 0 aliphatic rings. The smallest absolute Gasteiger partial charge is 0.419 e. The minimum absolute atomic E-state index is 0.124. The summed E-state index contributed by atoms with van der Waals surface area (Å²) in [4.78, 5) is 10.5. The fourth-order valence-corrected chi connectivity index (χ4v) is 1.34. The zero-order chi connectivity index (χ0) is 14.0. The third-order valence-electron chi connectivity index (χ3n) is 2.28. The molecule has 0 spiro atoms. The van der Waals surface area contributed by atoms with Gasteiger partial charge in [0, 0.05) is 6.20 Å². The lowest BCUT2D eigenvalue weighted by Gasteiger charge is -2.02. The summed E-state index contributed by atoms with van der Waals surface area (Å²) in [5.74, 6) is -1.22. The van der Waals surface area contributed by atoms with Crippen molar-refractivity contribution in [1.82, 2.24) is 24.8 Å². The van der Waals surface area contributed by atoms with E-state index in [9.17, 15) is 18.0 Å². The molecule has 0 aliphatic heterocycles. The minimum Gasteiger partial charge on any atom is -0.476 e. The molecule has 7 nitrogen and oxygen atoms in total. The summed E-state index contributed by atoms with van der Waals surface area (Å²) in [5, 5.41) is 19.1. The Bertz CT molecular complexity index is 589. The number of carbonyl (C=O) groups is 1. The van der Waals surface area contributed by atoms with Crippen LogP contribution in [0.25, 0.3) is 0 Å². The van der Waals surface area contributed by atoms with Gasteiger partial charge in [-0.15, -0.1) is 5.10 Å². The van der Waals surface area contributed by atoms with Gasteiger partial charge in [-0.05, 0) is 0 Å². The van der Waals surface area contributed by atoms with Gasteiger partial charge < -0.3 is 5.11 Å². The second-order valence-corrected chi connectivity index (χ2v) is 3.66. The molecule has 0 saturated heterocycles. The molecule has 0 fully saturated rings. The van der Waals surface area contributed by atoms with E-state index >= 15 is 0 Å². The molecule has 10 heteroatoms. The third-order valence-corrected chi connectivity index (χ3v) is 2.28. The molecule has 2 aromatic rings. The van der Waals surface area contributed by atoms with E-state index in [0.29, 0.717) is 0 Å². The minimum atomic E-state index is -4.43. The summed E-state index contributed by atoms with van der Waals surface area (Å²) in [5.41, 5.74) is -1.06. The summed E-state index contributed by atoms with van der Waals surface area (Å²) >= 11 is 0. The fraction of sp³-hybridized carbons (Fsp3) is 0.333. The van der Waals surface area contributed by atoms with Crippen LogP contribution in [0.3, 0.4) is 0 Å². The number of hydrogen-bond donors (Lipinski definition) is 1. The highest BCUT2D eigenvalue weighted by Crippen LogP contribution is 2.28. The van der Waals surface area contributed by atoms with Gasteiger partial charge in [-0.3, -0.25) is 4.68 Å². The number of hydrogen-bond acceptors (Lipinski definition) is 4. The van der Waals surface area contributed by atoms with Crippen molar-refractivity contribution < 1.29 is 23.1 Å². The molecule has 102 valence electrons. The molecule has 0 aromatic carbocycles. The quantitative estimate of drug-likeness (QED) is 0.895. The van der Waals surface area contributed by atoms with E-state index < -0.39 is 17.7 Å². The summed E-state index contributed by atoms with van der Waals surface area (Å²) in [6.07, 6.45) is -1.64. The van der Waals surface area contributed by atoms with Gasteiger partial charge in [0.1, 0.15) is 0 Å². The predicted octanol–water partition coefficient (Wildman–Crippen LogP) is 0.892. The Morgan fingerprint density at radius 1 is 1.26 bits per heavy atom. The highest BCUT2D eigenvalue weighted by Gasteiger charge is 2.32. The largest absolute Gasteiger partial charge is 0.476 e. The second-order valence-electron chi connectivity index (χ2n) is 3.66. The van der Waals surface area contributed by atoms with Crippen LogP contribution < -0.4 is 0 Å². The van der Waals surface area contributed by atoms with Crippen molar-refractivity contribution in [1.29, 1.82) is 0 Å². The van der Waals surface area contributed by atoms with Crippen LogP contribution in [0.15, 0.2) is 18.6 Å². The average Bonchev–Trinajstić information content (AvgIpc) is 2.95. The summed E-state index contributed by atoms with van der Waals surface area (Å²) in [7, 11) is 0. The molecule has 0 radical (unpaired) electrons. The third kappa shape index (κ3) is 3.09. The Morgan fingerprint density at radius 2 is 1.95 bits per heavy atom. The maximum absolute atomic E-state index is 12.3. The van der Waals surface area contributed by atoms with Gasteiger partial charge in [0.15, 0.2) is 5.69 Å². The molecule has 2 aromatic heterocycles. The standard InChI is InChI=1S/C9H8F3N5O2/c10-9(11,12)6-3-13-16(4-6)1-2-17-5-7(8(18)19)14-15-17/h3-5H,1-2H2,(H,18,19). The first-order valence-corrected chi connectivity index (χ1v) is 5.09. The van der Waals surface area contributed by atoms with Gasteiger partial charge >= 0.3 is 12.1 Å².